The summed E-state index contributed by atoms with van der Waals surface area (Å²) < 4.78 is 0. The average Bonchev–Trinajstić information content (AvgIpc) is 3.45. The maximum Gasteiger partial charge on any atom is 0.0165 e. The van der Waals surface area contributed by atoms with Crippen LogP contribution in [0.5, 0.6) is 0 Å². The highest BCUT2D eigenvalue weighted by molar-refractivity contribution is 6.18. The van der Waals surface area contributed by atoms with Crippen LogP contribution in [-0.2, 0) is 0 Å². The molecule has 3 aliphatic rings. The third-order valence-corrected chi connectivity index (χ3v) is 10.8. The maximum absolute atomic E-state index is 2.43. The van der Waals surface area contributed by atoms with Crippen molar-refractivity contribution in [2.45, 2.75) is 18.8 Å². The fourth-order valence-corrected chi connectivity index (χ4v) is 8.76. The van der Waals surface area contributed by atoms with Crippen LogP contribution in [0.1, 0.15) is 41.0 Å². The van der Waals surface area contributed by atoms with Crippen molar-refractivity contribution in [2.24, 2.45) is 5.92 Å². The molecule has 216 valence electrons. The summed E-state index contributed by atoms with van der Waals surface area (Å²) in [6, 6.07) is 54.7. The SMILES string of the molecule is C1=CC2=C(c3ccc(-c4ccc5c6c(cccc46)-c4ccccc4-5)cc3)c3ccccc3C(c3ccc4ccccc4c3)C2CC1. The fourth-order valence-electron chi connectivity index (χ4n) is 8.76. The lowest BCUT2D eigenvalue weighted by Crippen LogP contribution is -2.24. The van der Waals surface area contributed by atoms with Gasteiger partial charge in [-0.05, 0) is 107 Å². The summed E-state index contributed by atoms with van der Waals surface area (Å²) in [7, 11) is 0. The minimum Gasteiger partial charge on any atom is -0.0842 e. The Morgan fingerprint density at radius 3 is 2.00 bits per heavy atom. The molecule has 7 aromatic carbocycles. The van der Waals surface area contributed by atoms with Gasteiger partial charge in [-0.1, -0.05) is 158 Å². The van der Waals surface area contributed by atoms with Crippen molar-refractivity contribution in [2.75, 3.05) is 0 Å². The van der Waals surface area contributed by atoms with Crippen LogP contribution in [0.3, 0.4) is 0 Å². The van der Waals surface area contributed by atoms with Crippen molar-refractivity contribution in [1.82, 2.24) is 0 Å². The second-order valence-electron chi connectivity index (χ2n) is 13.1. The third-order valence-electron chi connectivity index (χ3n) is 10.8. The summed E-state index contributed by atoms with van der Waals surface area (Å²) in [6.07, 6.45) is 7.11. The standard InChI is InChI=1S/C46H32/c1-2-11-32-28-33(25-20-29(32)10-1)45-41-16-7-5-14-39(41)44(40-15-6-8-17-42(40)45)31-23-21-30(22-24-31)34-26-27-43-36-13-4-3-12-35(36)38-19-9-18-37(34)46(38)43/h1-7,9-16,18-28,42,45H,8,17H2. The highest BCUT2D eigenvalue weighted by atomic mass is 14.4. The van der Waals surface area contributed by atoms with Gasteiger partial charge in [0, 0.05) is 5.92 Å². The molecule has 7 aromatic rings. The molecule has 0 amide bonds. The minimum atomic E-state index is 0.349. The van der Waals surface area contributed by atoms with Gasteiger partial charge in [0.25, 0.3) is 0 Å². The molecule has 10 rings (SSSR count). The lowest BCUT2D eigenvalue weighted by atomic mass is 9.65. The second-order valence-corrected chi connectivity index (χ2v) is 13.1. The van der Waals surface area contributed by atoms with Gasteiger partial charge in [0.1, 0.15) is 0 Å². The second kappa shape index (κ2) is 10.0. The summed E-state index contributed by atoms with van der Waals surface area (Å²) in [4.78, 5) is 0. The molecule has 0 saturated heterocycles. The normalized spacial score (nSPS) is 17.7. The van der Waals surface area contributed by atoms with Crippen molar-refractivity contribution in [1.29, 1.82) is 0 Å². The molecule has 0 heteroatoms. The predicted molar refractivity (Wildman–Crippen MR) is 194 cm³/mol. The Balaban J connectivity index is 1.10. The Labute approximate surface area is 270 Å². The molecule has 0 saturated carbocycles. The van der Waals surface area contributed by atoms with E-state index in [0.717, 1.165) is 6.42 Å². The van der Waals surface area contributed by atoms with Gasteiger partial charge in [-0.2, -0.15) is 0 Å². The maximum atomic E-state index is 2.43. The van der Waals surface area contributed by atoms with E-state index in [1.807, 2.05) is 0 Å². The molecule has 2 atom stereocenters. The van der Waals surface area contributed by atoms with Crippen LogP contribution in [0.4, 0.5) is 0 Å². The topological polar surface area (TPSA) is 0 Å². The average molecular weight is 585 g/mol. The molecular formula is C46H32. The highest BCUT2D eigenvalue weighted by Gasteiger charge is 2.36. The summed E-state index contributed by atoms with van der Waals surface area (Å²) in [5, 5.41) is 5.34. The van der Waals surface area contributed by atoms with Crippen LogP contribution < -0.4 is 0 Å². The molecule has 0 N–H and O–H groups in total. The number of hydrogen-bond acceptors (Lipinski definition) is 0. The molecular weight excluding hydrogens is 553 g/mol. The van der Waals surface area contributed by atoms with Crippen LogP contribution in [0.25, 0.3) is 60.5 Å². The largest absolute Gasteiger partial charge is 0.0842 e. The van der Waals surface area contributed by atoms with Crippen molar-refractivity contribution >= 4 is 27.1 Å². The molecule has 0 aromatic heterocycles. The van der Waals surface area contributed by atoms with Crippen LogP contribution in [-0.4, -0.2) is 0 Å². The first-order valence-corrected chi connectivity index (χ1v) is 16.6. The zero-order valence-corrected chi connectivity index (χ0v) is 25.6. The van der Waals surface area contributed by atoms with E-state index < -0.39 is 0 Å². The summed E-state index contributed by atoms with van der Waals surface area (Å²) in [5.41, 5.74) is 16.4. The van der Waals surface area contributed by atoms with E-state index in [9.17, 15) is 0 Å². The van der Waals surface area contributed by atoms with Gasteiger partial charge < -0.3 is 0 Å². The van der Waals surface area contributed by atoms with Crippen LogP contribution >= 0.6 is 0 Å². The van der Waals surface area contributed by atoms with Crippen molar-refractivity contribution in [3.8, 4) is 33.4 Å². The predicted octanol–water partition coefficient (Wildman–Crippen LogP) is 12.2. The summed E-state index contributed by atoms with van der Waals surface area (Å²) >= 11 is 0. The van der Waals surface area contributed by atoms with E-state index in [-0.39, 0.29) is 0 Å². The Bertz CT molecular complexity index is 2390. The number of benzene rings is 7. The van der Waals surface area contributed by atoms with Gasteiger partial charge in [0.05, 0.1) is 0 Å². The molecule has 0 aliphatic heterocycles. The summed E-state index contributed by atoms with van der Waals surface area (Å²) in [6.45, 7) is 0. The first kappa shape index (κ1) is 25.8. The molecule has 0 spiro atoms. The number of fused-ring (bicyclic) bond motifs is 6. The van der Waals surface area contributed by atoms with E-state index in [4.69, 9.17) is 0 Å². The van der Waals surface area contributed by atoms with Crippen molar-refractivity contribution in [3.63, 3.8) is 0 Å². The molecule has 0 nitrogen and oxygen atoms in total. The quantitative estimate of drug-likeness (QED) is 0.194. The van der Waals surface area contributed by atoms with Gasteiger partial charge in [-0.3, -0.25) is 0 Å². The van der Waals surface area contributed by atoms with Gasteiger partial charge in [-0.25, -0.2) is 0 Å². The van der Waals surface area contributed by atoms with Crippen molar-refractivity contribution in [3.05, 3.63) is 186 Å². The Morgan fingerprint density at radius 1 is 0.478 bits per heavy atom. The van der Waals surface area contributed by atoms with Crippen LogP contribution in [0.2, 0.25) is 0 Å². The van der Waals surface area contributed by atoms with Crippen LogP contribution in [0.15, 0.2) is 163 Å². The van der Waals surface area contributed by atoms with E-state index in [2.05, 4.69) is 158 Å². The van der Waals surface area contributed by atoms with Gasteiger partial charge in [0.15, 0.2) is 0 Å². The first-order chi connectivity index (χ1) is 22.8. The molecule has 0 radical (unpaired) electrons. The van der Waals surface area contributed by atoms with Gasteiger partial charge in [-0.15, -0.1) is 0 Å². The van der Waals surface area contributed by atoms with E-state index in [1.165, 1.54) is 94.7 Å². The molecule has 46 heavy (non-hydrogen) atoms. The summed E-state index contributed by atoms with van der Waals surface area (Å²) in [5.74, 6) is 0.801. The molecule has 2 unspecified atom stereocenters. The molecule has 0 heterocycles. The fraction of sp³-hybridized carbons (Fsp3) is 0.0870. The zero-order valence-electron chi connectivity index (χ0n) is 25.6. The van der Waals surface area contributed by atoms with E-state index in [0.29, 0.717) is 11.8 Å². The molecule has 3 aliphatic carbocycles. The first-order valence-electron chi connectivity index (χ1n) is 16.6. The zero-order chi connectivity index (χ0) is 30.2. The van der Waals surface area contributed by atoms with Gasteiger partial charge >= 0.3 is 0 Å². The number of allylic oxidation sites excluding steroid dienone is 3. The molecule has 0 fully saturated rings. The Morgan fingerprint density at radius 2 is 1.15 bits per heavy atom. The van der Waals surface area contributed by atoms with Crippen molar-refractivity contribution < 1.29 is 0 Å². The number of hydrogen-bond donors (Lipinski definition) is 0. The third kappa shape index (κ3) is 3.74. The highest BCUT2D eigenvalue weighted by Crippen LogP contribution is 2.52. The minimum absolute atomic E-state index is 0.349. The van der Waals surface area contributed by atoms with E-state index in [1.54, 1.807) is 0 Å². The monoisotopic (exact) mass is 584 g/mol. The van der Waals surface area contributed by atoms with Crippen LogP contribution in [0, 0.1) is 5.92 Å². The Hall–Kier alpha value is -5.46. The lowest BCUT2D eigenvalue weighted by Gasteiger charge is -2.39. The van der Waals surface area contributed by atoms with Gasteiger partial charge in [0.2, 0.25) is 0 Å². The Kier molecular flexibility index (Phi) is 5.63. The van der Waals surface area contributed by atoms with E-state index >= 15 is 0 Å². The smallest absolute Gasteiger partial charge is 0.0165 e. The lowest BCUT2D eigenvalue weighted by molar-refractivity contribution is 0.496. The molecule has 0 bridgehead atoms. The number of rotatable bonds is 3.